The maximum atomic E-state index is 10.7. The molecule has 0 unspecified atom stereocenters. The van der Waals surface area contributed by atoms with E-state index >= 15 is 0 Å². The smallest absolute Gasteiger partial charge is 0.180 e. The van der Waals surface area contributed by atoms with Crippen LogP contribution in [0, 0.1) is 6.54 Å². The molecule has 0 atom stereocenters. The minimum absolute atomic E-state index is 0.0619. The monoisotopic (exact) mass is 135 g/mol. The van der Waals surface area contributed by atoms with Crippen molar-refractivity contribution in [3.8, 4) is 0 Å². The van der Waals surface area contributed by atoms with Gasteiger partial charge in [0.25, 0.3) is 0 Å². The van der Waals surface area contributed by atoms with Gasteiger partial charge >= 0.3 is 0 Å². The standard InChI is InChI=1S/C8H9NO/c1-2-5-9-6-3-4-8(10)7-9/h2-4H,1,5-6H2. The molecule has 0 saturated heterocycles. The number of hydrogen-bond donors (Lipinski definition) is 0. The molecule has 1 aliphatic heterocycles. The van der Waals surface area contributed by atoms with Gasteiger partial charge in [0.2, 0.25) is 0 Å². The average Bonchev–Trinajstić information content (AvgIpc) is 1.88. The molecule has 0 saturated carbocycles. The van der Waals surface area contributed by atoms with Gasteiger partial charge in [-0.1, -0.05) is 12.2 Å². The molecule has 52 valence electrons. The minimum Gasteiger partial charge on any atom is -0.293 e. The van der Waals surface area contributed by atoms with Crippen LogP contribution in [0.1, 0.15) is 0 Å². The van der Waals surface area contributed by atoms with E-state index in [1.54, 1.807) is 11.0 Å². The Morgan fingerprint density at radius 2 is 2.70 bits per heavy atom. The summed E-state index contributed by atoms with van der Waals surface area (Å²) in [7, 11) is 0. The highest BCUT2D eigenvalue weighted by Gasteiger charge is 2.10. The van der Waals surface area contributed by atoms with E-state index in [2.05, 4.69) is 13.1 Å². The lowest BCUT2D eigenvalue weighted by molar-refractivity contribution is -0.113. The van der Waals surface area contributed by atoms with Crippen molar-refractivity contribution in [1.82, 2.24) is 4.90 Å². The summed E-state index contributed by atoms with van der Waals surface area (Å²) in [6.45, 7) is 7.67. The Bertz CT molecular complexity index is 172. The molecular formula is C8H9NO. The molecule has 0 amide bonds. The quantitative estimate of drug-likeness (QED) is 0.518. The Hall–Kier alpha value is -0.890. The number of rotatable bonds is 2. The van der Waals surface area contributed by atoms with Crippen molar-refractivity contribution in [1.29, 1.82) is 0 Å². The third kappa shape index (κ3) is 1.81. The van der Waals surface area contributed by atoms with Crippen LogP contribution in [0.5, 0.6) is 0 Å². The van der Waals surface area contributed by atoms with E-state index in [1.165, 1.54) is 6.08 Å². The molecule has 1 rings (SSSR count). The van der Waals surface area contributed by atoms with Crippen LogP contribution in [0.15, 0.2) is 24.8 Å². The molecule has 0 bridgehead atoms. The summed E-state index contributed by atoms with van der Waals surface area (Å²) < 4.78 is 0. The molecule has 0 aromatic heterocycles. The maximum Gasteiger partial charge on any atom is 0.180 e. The van der Waals surface area contributed by atoms with Gasteiger partial charge < -0.3 is 0 Å². The average molecular weight is 135 g/mol. The molecule has 2 nitrogen and oxygen atoms in total. The minimum atomic E-state index is -0.0619. The Morgan fingerprint density at radius 3 is 3.30 bits per heavy atom. The topological polar surface area (TPSA) is 20.3 Å². The Kier molecular flexibility index (Phi) is 2.40. The van der Waals surface area contributed by atoms with Crippen LogP contribution in [-0.2, 0) is 4.79 Å². The van der Waals surface area contributed by atoms with Gasteiger partial charge in [-0.25, -0.2) is 0 Å². The first-order valence-corrected chi connectivity index (χ1v) is 3.16. The van der Waals surface area contributed by atoms with Gasteiger partial charge in [0, 0.05) is 13.1 Å². The van der Waals surface area contributed by atoms with E-state index in [1.807, 2.05) is 6.08 Å². The summed E-state index contributed by atoms with van der Waals surface area (Å²) in [6, 6.07) is 0. The van der Waals surface area contributed by atoms with E-state index in [-0.39, 0.29) is 5.78 Å². The molecule has 0 N–H and O–H groups in total. The van der Waals surface area contributed by atoms with Crippen LogP contribution in [0.25, 0.3) is 0 Å². The SMILES string of the molecule is C=CCN1[C]C(=O)C=CC1. The van der Waals surface area contributed by atoms with Crippen molar-refractivity contribution in [3.05, 3.63) is 31.4 Å². The molecule has 0 fully saturated rings. The van der Waals surface area contributed by atoms with Crippen molar-refractivity contribution < 1.29 is 4.79 Å². The first-order valence-electron chi connectivity index (χ1n) is 3.16. The van der Waals surface area contributed by atoms with Gasteiger partial charge in [0.15, 0.2) is 5.78 Å². The molecule has 1 aliphatic rings. The second-order valence-corrected chi connectivity index (χ2v) is 2.07. The van der Waals surface area contributed by atoms with Crippen molar-refractivity contribution in [3.63, 3.8) is 0 Å². The summed E-state index contributed by atoms with van der Waals surface area (Å²) in [5.41, 5.74) is 0. The molecule has 10 heavy (non-hydrogen) atoms. The number of carbonyl (C=O) groups excluding carboxylic acids is 1. The largest absolute Gasteiger partial charge is 0.293 e. The van der Waals surface area contributed by atoms with Crippen LogP contribution < -0.4 is 0 Å². The van der Waals surface area contributed by atoms with Crippen LogP contribution in [0.2, 0.25) is 0 Å². The van der Waals surface area contributed by atoms with Crippen molar-refractivity contribution in [2.45, 2.75) is 0 Å². The highest BCUT2D eigenvalue weighted by atomic mass is 16.1. The predicted octanol–water partition coefficient (Wildman–Crippen LogP) is 0.652. The van der Waals surface area contributed by atoms with E-state index in [0.29, 0.717) is 6.54 Å². The van der Waals surface area contributed by atoms with E-state index in [9.17, 15) is 4.79 Å². The zero-order valence-corrected chi connectivity index (χ0v) is 5.71. The van der Waals surface area contributed by atoms with Gasteiger partial charge in [-0.05, 0) is 6.08 Å². The predicted molar refractivity (Wildman–Crippen MR) is 39.2 cm³/mol. The molecule has 0 aromatic carbocycles. The fourth-order valence-electron chi connectivity index (χ4n) is 0.802. The third-order valence-corrected chi connectivity index (χ3v) is 1.21. The second-order valence-electron chi connectivity index (χ2n) is 2.07. The molecule has 2 radical (unpaired) electrons. The Morgan fingerprint density at radius 1 is 1.90 bits per heavy atom. The Labute approximate surface area is 60.8 Å². The fourth-order valence-corrected chi connectivity index (χ4v) is 0.802. The number of hydrogen-bond acceptors (Lipinski definition) is 2. The van der Waals surface area contributed by atoms with Gasteiger partial charge in [-0.3, -0.25) is 9.69 Å². The van der Waals surface area contributed by atoms with Crippen molar-refractivity contribution in [2.24, 2.45) is 0 Å². The van der Waals surface area contributed by atoms with Crippen LogP contribution in [0.4, 0.5) is 0 Å². The van der Waals surface area contributed by atoms with Gasteiger partial charge in [-0.2, -0.15) is 0 Å². The fraction of sp³-hybridized carbons (Fsp3) is 0.250. The number of nitrogens with zero attached hydrogens (tertiary/aromatic N) is 1. The normalized spacial score (nSPS) is 19.4. The first kappa shape index (κ1) is 7.22. The summed E-state index contributed by atoms with van der Waals surface area (Å²) in [5.74, 6) is -0.0619. The summed E-state index contributed by atoms with van der Waals surface area (Å²) in [5, 5.41) is 0. The third-order valence-electron chi connectivity index (χ3n) is 1.21. The molecule has 2 heteroatoms. The van der Waals surface area contributed by atoms with E-state index in [4.69, 9.17) is 0 Å². The van der Waals surface area contributed by atoms with Crippen LogP contribution in [-0.4, -0.2) is 23.8 Å². The Balaban J connectivity index is 2.43. The summed E-state index contributed by atoms with van der Waals surface area (Å²) in [4.78, 5) is 12.5. The zero-order chi connectivity index (χ0) is 7.40. The highest BCUT2D eigenvalue weighted by molar-refractivity contribution is 5.97. The second kappa shape index (κ2) is 3.32. The maximum absolute atomic E-state index is 10.7. The highest BCUT2D eigenvalue weighted by Crippen LogP contribution is 2.01. The summed E-state index contributed by atoms with van der Waals surface area (Å²) in [6.07, 6.45) is 5.10. The van der Waals surface area contributed by atoms with Gasteiger partial charge in [-0.15, -0.1) is 6.58 Å². The van der Waals surface area contributed by atoms with Crippen LogP contribution >= 0.6 is 0 Å². The number of ketones is 1. The van der Waals surface area contributed by atoms with Gasteiger partial charge in [0.1, 0.15) is 6.54 Å². The van der Waals surface area contributed by atoms with Crippen LogP contribution in [0.3, 0.4) is 0 Å². The molecule has 0 spiro atoms. The first-order chi connectivity index (χ1) is 4.83. The lowest BCUT2D eigenvalue weighted by Crippen LogP contribution is -2.27. The lowest BCUT2D eigenvalue weighted by atomic mass is 10.2. The molecular weight excluding hydrogens is 126 g/mol. The van der Waals surface area contributed by atoms with E-state index in [0.717, 1.165) is 6.54 Å². The summed E-state index contributed by atoms with van der Waals surface area (Å²) >= 11 is 0. The molecule has 1 heterocycles. The lowest BCUT2D eigenvalue weighted by Gasteiger charge is -2.17. The van der Waals surface area contributed by atoms with E-state index < -0.39 is 0 Å². The van der Waals surface area contributed by atoms with Crippen molar-refractivity contribution >= 4 is 5.78 Å². The zero-order valence-electron chi connectivity index (χ0n) is 5.71. The number of carbonyl (C=O) groups is 1. The van der Waals surface area contributed by atoms with Gasteiger partial charge in [0.05, 0.1) is 0 Å². The molecule has 0 aromatic rings. The molecule has 0 aliphatic carbocycles. The van der Waals surface area contributed by atoms with Crippen molar-refractivity contribution in [2.75, 3.05) is 13.1 Å².